The van der Waals surface area contributed by atoms with Gasteiger partial charge in [0.2, 0.25) is 5.91 Å². The minimum Gasteiger partial charge on any atom is -0.398 e. The van der Waals surface area contributed by atoms with Crippen molar-refractivity contribution in [3.8, 4) is 0 Å². The highest BCUT2D eigenvalue weighted by molar-refractivity contribution is 6.30. The number of nitrogens with two attached hydrogens (primary N) is 1. The van der Waals surface area contributed by atoms with Crippen molar-refractivity contribution >= 4 is 29.1 Å². The molecule has 1 heterocycles. The standard InChI is InChI=1S/C20H23ClN4O2/c21-15-7-5-14(6-8-15)12-25-10-9-16(13-25)24-19(26)11-23-20(27)17-3-1-2-4-18(17)22/h1-8,16H,9-13,22H2,(H,23,27)(H,24,26)/t16-/m1/s1. The van der Waals surface area contributed by atoms with E-state index in [0.717, 1.165) is 31.1 Å². The zero-order chi connectivity index (χ0) is 19.2. The maximum atomic E-state index is 12.1. The molecular weight excluding hydrogens is 364 g/mol. The van der Waals surface area contributed by atoms with Crippen molar-refractivity contribution in [3.63, 3.8) is 0 Å². The van der Waals surface area contributed by atoms with E-state index in [-0.39, 0.29) is 24.4 Å². The molecule has 3 rings (SSSR count). The Kier molecular flexibility index (Phi) is 6.32. The molecule has 2 aromatic carbocycles. The van der Waals surface area contributed by atoms with Crippen LogP contribution in [0.25, 0.3) is 0 Å². The average molecular weight is 387 g/mol. The quantitative estimate of drug-likeness (QED) is 0.663. The smallest absolute Gasteiger partial charge is 0.253 e. The number of amides is 2. The third-order valence-electron chi connectivity index (χ3n) is 4.57. The highest BCUT2D eigenvalue weighted by atomic mass is 35.5. The van der Waals surface area contributed by atoms with Crippen molar-refractivity contribution in [2.24, 2.45) is 0 Å². The molecule has 1 saturated heterocycles. The van der Waals surface area contributed by atoms with Crippen LogP contribution in [0.4, 0.5) is 5.69 Å². The summed E-state index contributed by atoms with van der Waals surface area (Å²) in [5, 5.41) is 6.32. The van der Waals surface area contributed by atoms with Gasteiger partial charge in [-0.2, -0.15) is 0 Å². The number of nitrogens with zero attached hydrogens (tertiary/aromatic N) is 1. The van der Waals surface area contributed by atoms with Gasteiger partial charge in [-0.05, 0) is 36.2 Å². The summed E-state index contributed by atoms with van der Waals surface area (Å²) in [6, 6.07) is 14.7. The van der Waals surface area contributed by atoms with Gasteiger partial charge in [0, 0.05) is 36.4 Å². The molecule has 0 aromatic heterocycles. The van der Waals surface area contributed by atoms with Gasteiger partial charge >= 0.3 is 0 Å². The van der Waals surface area contributed by atoms with E-state index in [1.165, 1.54) is 5.56 Å². The molecule has 27 heavy (non-hydrogen) atoms. The number of likely N-dealkylation sites (tertiary alicyclic amines) is 1. The molecule has 2 amide bonds. The molecule has 0 unspecified atom stereocenters. The molecule has 0 bridgehead atoms. The predicted molar refractivity (Wildman–Crippen MR) is 106 cm³/mol. The molecule has 142 valence electrons. The molecule has 0 spiro atoms. The predicted octanol–water partition coefficient (Wildman–Crippen LogP) is 2.04. The van der Waals surface area contributed by atoms with E-state index < -0.39 is 0 Å². The second-order valence-electron chi connectivity index (χ2n) is 6.68. The molecule has 1 fully saturated rings. The number of para-hydroxylation sites is 1. The third-order valence-corrected chi connectivity index (χ3v) is 4.82. The minimum atomic E-state index is -0.348. The van der Waals surface area contributed by atoms with Gasteiger partial charge in [0.1, 0.15) is 0 Å². The number of hydrogen-bond donors (Lipinski definition) is 3. The van der Waals surface area contributed by atoms with Gasteiger partial charge in [-0.1, -0.05) is 35.9 Å². The Morgan fingerprint density at radius 2 is 1.89 bits per heavy atom. The van der Waals surface area contributed by atoms with Crippen molar-refractivity contribution in [3.05, 3.63) is 64.7 Å². The molecule has 1 atom stereocenters. The van der Waals surface area contributed by atoms with Gasteiger partial charge in [0.15, 0.2) is 0 Å². The van der Waals surface area contributed by atoms with Crippen molar-refractivity contribution < 1.29 is 9.59 Å². The fourth-order valence-electron chi connectivity index (χ4n) is 3.18. The van der Waals surface area contributed by atoms with E-state index in [2.05, 4.69) is 15.5 Å². The van der Waals surface area contributed by atoms with Crippen LogP contribution < -0.4 is 16.4 Å². The van der Waals surface area contributed by atoms with Crippen LogP contribution in [0, 0.1) is 0 Å². The van der Waals surface area contributed by atoms with Crippen LogP contribution in [0.1, 0.15) is 22.3 Å². The summed E-state index contributed by atoms with van der Waals surface area (Å²) in [5.41, 5.74) is 7.73. The highest BCUT2D eigenvalue weighted by Crippen LogP contribution is 2.16. The Balaban J connectivity index is 1.42. The second kappa shape index (κ2) is 8.88. The SMILES string of the molecule is Nc1ccccc1C(=O)NCC(=O)N[C@@H]1CCN(Cc2ccc(Cl)cc2)C1. The molecule has 7 heteroatoms. The topological polar surface area (TPSA) is 87.5 Å². The number of nitrogens with one attached hydrogen (secondary N) is 2. The van der Waals surface area contributed by atoms with Crippen LogP contribution in [-0.4, -0.2) is 42.4 Å². The van der Waals surface area contributed by atoms with Gasteiger partial charge in [-0.25, -0.2) is 0 Å². The summed E-state index contributed by atoms with van der Waals surface area (Å²) in [7, 11) is 0. The summed E-state index contributed by atoms with van der Waals surface area (Å²) in [6.07, 6.45) is 0.888. The Labute approximate surface area is 163 Å². The van der Waals surface area contributed by atoms with E-state index in [1.807, 2.05) is 24.3 Å². The van der Waals surface area contributed by atoms with E-state index in [0.29, 0.717) is 11.3 Å². The first kappa shape index (κ1) is 19.2. The van der Waals surface area contributed by atoms with Gasteiger partial charge in [0.25, 0.3) is 5.91 Å². The minimum absolute atomic E-state index is 0.0686. The zero-order valence-corrected chi connectivity index (χ0v) is 15.7. The third kappa shape index (κ3) is 5.45. The number of carbonyl (C=O) groups excluding carboxylic acids is 2. The lowest BCUT2D eigenvalue weighted by Gasteiger charge is -2.17. The number of hydrogen-bond acceptors (Lipinski definition) is 4. The lowest BCUT2D eigenvalue weighted by Crippen LogP contribution is -2.43. The zero-order valence-electron chi connectivity index (χ0n) is 15.0. The van der Waals surface area contributed by atoms with Crippen LogP contribution in [0.2, 0.25) is 5.02 Å². The molecule has 1 aliphatic rings. The summed E-state index contributed by atoms with van der Waals surface area (Å²) in [5.74, 6) is -0.546. The summed E-state index contributed by atoms with van der Waals surface area (Å²) < 4.78 is 0. The molecule has 0 aliphatic carbocycles. The van der Waals surface area contributed by atoms with Crippen LogP contribution in [0.3, 0.4) is 0 Å². The molecule has 0 saturated carbocycles. The average Bonchev–Trinajstić information content (AvgIpc) is 3.09. The highest BCUT2D eigenvalue weighted by Gasteiger charge is 2.24. The lowest BCUT2D eigenvalue weighted by molar-refractivity contribution is -0.120. The number of nitrogen functional groups attached to an aromatic ring is 1. The van der Waals surface area contributed by atoms with E-state index in [9.17, 15) is 9.59 Å². The first-order chi connectivity index (χ1) is 13.0. The molecule has 0 radical (unpaired) electrons. The maximum Gasteiger partial charge on any atom is 0.253 e. The van der Waals surface area contributed by atoms with Crippen LogP contribution in [0.15, 0.2) is 48.5 Å². The molecule has 2 aromatic rings. The number of anilines is 1. The van der Waals surface area contributed by atoms with Crippen molar-refractivity contribution in [1.82, 2.24) is 15.5 Å². The normalized spacial score (nSPS) is 16.9. The first-order valence-corrected chi connectivity index (χ1v) is 9.28. The number of halogens is 1. The van der Waals surface area contributed by atoms with Crippen LogP contribution in [-0.2, 0) is 11.3 Å². The van der Waals surface area contributed by atoms with Crippen molar-refractivity contribution in [2.75, 3.05) is 25.4 Å². The Bertz CT molecular complexity index is 810. The van der Waals surface area contributed by atoms with E-state index in [4.69, 9.17) is 17.3 Å². The maximum absolute atomic E-state index is 12.1. The Hall–Kier alpha value is -2.57. The number of benzene rings is 2. The van der Waals surface area contributed by atoms with E-state index >= 15 is 0 Å². The second-order valence-corrected chi connectivity index (χ2v) is 7.12. The largest absolute Gasteiger partial charge is 0.398 e. The monoisotopic (exact) mass is 386 g/mol. The molecular formula is C20H23ClN4O2. The summed E-state index contributed by atoms with van der Waals surface area (Å²) >= 11 is 5.91. The van der Waals surface area contributed by atoms with Gasteiger partial charge in [0.05, 0.1) is 12.1 Å². The Morgan fingerprint density at radius 3 is 2.63 bits per heavy atom. The number of rotatable bonds is 6. The summed E-state index contributed by atoms with van der Waals surface area (Å²) in [6.45, 7) is 2.46. The first-order valence-electron chi connectivity index (χ1n) is 8.90. The fraction of sp³-hybridized carbons (Fsp3) is 0.300. The van der Waals surface area contributed by atoms with Crippen LogP contribution in [0.5, 0.6) is 0 Å². The van der Waals surface area contributed by atoms with Crippen molar-refractivity contribution in [2.45, 2.75) is 19.0 Å². The van der Waals surface area contributed by atoms with Gasteiger partial charge in [-0.15, -0.1) is 0 Å². The van der Waals surface area contributed by atoms with E-state index in [1.54, 1.807) is 24.3 Å². The molecule has 4 N–H and O–H groups in total. The molecule has 6 nitrogen and oxygen atoms in total. The fourth-order valence-corrected chi connectivity index (χ4v) is 3.31. The molecule has 1 aliphatic heterocycles. The van der Waals surface area contributed by atoms with Crippen molar-refractivity contribution in [1.29, 1.82) is 0 Å². The Morgan fingerprint density at radius 1 is 1.15 bits per heavy atom. The summed E-state index contributed by atoms with van der Waals surface area (Å²) in [4.78, 5) is 26.5. The van der Waals surface area contributed by atoms with Crippen LogP contribution >= 0.6 is 11.6 Å². The van der Waals surface area contributed by atoms with Gasteiger partial charge in [-0.3, -0.25) is 14.5 Å². The lowest BCUT2D eigenvalue weighted by atomic mass is 10.1. The van der Waals surface area contributed by atoms with Gasteiger partial charge < -0.3 is 16.4 Å². The number of carbonyl (C=O) groups is 2.